The van der Waals surface area contributed by atoms with E-state index < -0.39 is 0 Å². The van der Waals surface area contributed by atoms with Crippen LogP contribution < -0.4 is 10.6 Å². The van der Waals surface area contributed by atoms with E-state index in [0.717, 1.165) is 19.4 Å². The average molecular weight is 192 g/mol. The summed E-state index contributed by atoms with van der Waals surface area (Å²) in [6.45, 7) is 2.93. The maximum Gasteiger partial charge on any atom is 0.0396 e. The molecule has 1 aromatic carbocycles. The molecule has 14 heavy (non-hydrogen) atoms. The van der Waals surface area contributed by atoms with Crippen LogP contribution in [-0.2, 0) is 6.42 Å². The maximum absolute atomic E-state index is 5.54. The number of nitrogens with zero attached hydrogens (tertiary/aromatic N) is 1. The minimum absolute atomic E-state index is 0.765. The molecule has 0 aliphatic rings. The minimum atomic E-state index is 0.765. The van der Waals surface area contributed by atoms with E-state index in [1.165, 1.54) is 16.8 Å². The van der Waals surface area contributed by atoms with Crippen LogP contribution in [0, 0.1) is 6.92 Å². The molecule has 0 spiro atoms. The highest BCUT2D eigenvalue weighted by atomic mass is 15.1. The van der Waals surface area contributed by atoms with Crippen molar-refractivity contribution in [2.45, 2.75) is 19.8 Å². The molecular formula is C12H20N2. The third-order valence-corrected chi connectivity index (χ3v) is 2.50. The molecule has 0 heterocycles. The fraction of sp³-hybridized carbons (Fsp3) is 0.500. The van der Waals surface area contributed by atoms with Crippen LogP contribution in [0.4, 0.5) is 5.69 Å². The summed E-state index contributed by atoms with van der Waals surface area (Å²) in [6.07, 6.45) is 2.14. The monoisotopic (exact) mass is 192 g/mol. The standard InChI is InChI=1S/C12H20N2/c1-10-6-4-8-12(14(2)3)11(10)7-5-9-13/h4,6,8H,5,7,9,13H2,1-3H3. The highest BCUT2D eigenvalue weighted by Gasteiger charge is 2.05. The van der Waals surface area contributed by atoms with Crippen LogP contribution >= 0.6 is 0 Å². The van der Waals surface area contributed by atoms with Gasteiger partial charge in [-0.3, -0.25) is 0 Å². The Labute approximate surface area is 86.7 Å². The predicted molar refractivity (Wildman–Crippen MR) is 62.9 cm³/mol. The molecule has 0 bridgehead atoms. The molecule has 2 nitrogen and oxygen atoms in total. The maximum atomic E-state index is 5.54. The summed E-state index contributed by atoms with van der Waals surface area (Å²) in [5, 5.41) is 0. The molecular weight excluding hydrogens is 172 g/mol. The first-order valence-corrected chi connectivity index (χ1v) is 5.12. The number of aryl methyl sites for hydroxylation is 1. The van der Waals surface area contributed by atoms with Crippen molar-refractivity contribution in [2.24, 2.45) is 5.73 Å². The van der Waals surface area contributed by atoms with Gasteiger partial charge in [-0.05, 0) is 43.5 Å². The second-order valence-corrected chi connectivity index (χ2v) is 3.86. The van der Waals surface area contributed by atoms with Gasteiger partial charge in [0.1, 0.15) is 0 Å². The Morgan fingerprint density at radius 1 is 1.29 bits per heavy atom. The van der Waals surface area contributed by atoms with Gasteiger partial charge in [0.25, 0.3) is 0 Å². The van der Waals surface area contributed by atoms with E-state index in [1.807, 2.05) is 0 Å². The fourth-order valence-electron chi connectivity index (χ4n) is 1.71. The lowest BCUT2D eigenvalue weighted by Gasteiger charge is -2.19. The van der Waals surface area contributed by atoms with E-state index in [-0.39, 0.29) is 0 Å². The van der Waals surface area contributed by atoms with Crippen molar-refractivity contribution in [2.75, 3.05) is 25.5 Å². The number of rotatable bonds is 4. The molecule has 0 saturated heterocycles. The lowest BCUT2D eigenvalue weighted by atomic mass is 10.0. The molecule has 0 fully saturated rings. The second kappa shape index (κ2) is 5.01. The second-order valence-electron chi connectivity index (χ2n) is 3.86. The van der Waals surface area contributed by atoms with Gasteiger partial charge in [0.05, 0.1) is 0 Å². The molecule has 1 aromatic rings. The van der Waals surface area contributed by atoms with Crippen molar-refractivity contribution in [3.63, 3.8) is 0 Å². The van der Waals surface area contributed by atoms with Crippen LogP contribution in [0.15, 0.2) is 18.2 Å². The molecule has 0 aliphatic heterocycles. The topological polar surface area (TPSA) is 29.3 Å². The quantitative estimate of drug-likeness (QED) is 0.790. The molecule has 2 N–H and O–H groups in total. The Balaban J connectivity index is 2.96. The lowest BCUT2D eigenvalue weighted by Crippen LogP contribution is -2.13. The Kier molecular flexibility index (Phi) is 3.96. The number of benzene rings is 1. The smallest absolute Gasteiger partial charge is 0.0396 e. The van der Waals surface area contributed by atoms with Crippen LogP contribution in [0.2, 0.25) is 0 Å². The van der Waals surface area contributed by atoms with Gasteiger partial charge in [-0.2, -0.15) is 0 Å². The van der Waals surface area contributed by atoms with Gasteiger partial charge < -0.3 is 10.6 Å². The highest BCUT2D eigenvalue weighted by Crippen LogP contribution is 2.23. The van der Waals surface area contributed by atoms with E-state index in [0.29, 0.717) is 0 Å². The van der Waals surface area contributed by atoms with Crippen LogP contribution in [0.25, 0.3) is 0 Å². The van der Waals surface area contributed by atoms with Crippen LogP contribution in [0.3, 0.4) is 0 Å². The summed E-state index contributed by atoms with van der Waals surface area (Å²) >= 11 is 0. The molecule has 0 atom stereocenters. The molecule has 1 rings (SSSR count). The molecule has 0 amide bonds. The Hall–Kier alpha value is -1.02. The Bertz CT molecular complexity index is 292. The Morgan fingerprint density at radius 2 is 2.00 bits per heavy atom. The number of hydrogen-bond donors (Lipinski definition) is 1. The molecule has 0 aliphatic carbocycles. The van der Waals surface area contributed by atoms with Crippen molar-refractivity contribution in [3.8, 4) is 0 Å². The minimum Gasteiger partial charge on any atom is -0.377 e. The van der Waals surface area contributed by atoms with E-state index in [2.05, 4.69) is 44.1 Å². The van der Waals surface area contributed by atoms with Crippen molar-refractivity contribution in [1.82, 2.24) is 0 Å². The zero-order valence-corrected chi connectivity index (χ0v) is 9.38. The van der Waals surface area contributed by atoms with Crippen molar-refractivity contribution >= 4 is 5.69 Å². The molecule has 2 heteroatoms. The molecule has 78 valence electrons. The third kappa shape index (κ3) is 2.48. The van der Waals surface area contributed by atoms with E-state index in [9.17, 15) is 0 Å². The van der Waals surface area contributed by atoms with Crippen LogP contribution in [-0.4, -0.2) is 20.6 Å². The molecule has 0 unspecified atom stereocenters. The van der Waals surface area contributed by atoms with E-state index in [1.54, 1.807) is 0 Å². The van der Waals surface area contributed by atoms with Gasteiger partial charge in [-0.25, -0.2) is 0 Å². The van der Waals surface area contributed by atoms with Gasteiger partial charge in [-0.1, -0.05) is 12.1 Å². The van der Waals surface area contributed by atoms with Crippen molar-refractivity contribution in [3.05, 3.63) is 29.3 Å². The molecule has 0 aromatic heterocycles. The van der Waals surface area contributed by atoms with Gasteiger partial charge in [0.15, 0.2) is 0 Å². The van der Waals surface area contributed by atoms with Crippen molar-refractivity contribution in [1.29, 1.82) is 0 Å². The van der Waals surface area contributed by atoms with Crippen LogP contribution in [0.5, 0.6) is 0 Å². The van der Waals surface area contributed by atoms with Gasteiger partial charge in [0, 0.05) is 19.8 Å². The number of anilines is 1. The first kappa shape index (κ1) is 11.1. The average Bonchev–Trinajstić information content (AvgIpc) is 2.15. The zero-order chi connectivity index (χ0) is 10.6. The van der Waals surface area contributed by atoms with Gasteiger partial charge >= 0.3 is 0 Å². The summed E-state index contributed by atoms with van der Waals surface area (Å²) in [5.74, 6) is 0. The first-order valence-electron chi connectivity index (χ1n) is 5.12. The SMILES string of the molecule is Cc1cccc(N(C)C)c1CCCN. The Morgan fingerprint density at radius 3 is 2.57 bits per heavy atom. The van der Waals surface area contributed by atoms with Crippen molar-refractivity contribution < 1.29 is 0 Å². The zero-order valence-electron chi connectivity index (χ0n) is 9.38. The van der Waals surface area contributed by atoms with Gasteiger partial charge in [-0.15, -0.1) is 0 Å². The summed E-state index contributed by atoms with van der Waals surface area (Å²) in [7, 11) is 4.17. The first-order chi connectivity index (χ1) is 6.66. The number of nitrogens with two attached hydrogens (primary N) is 1. The summed E-state index contributed by atoms with van der Waals surface area (Å²) in [6, 6.07) is 6.44. The fourth-order valence-corrected chi connectivity index (χ4v) is 1.71. The van der Waals surface area contributed by atoms with Gasteiger partial charge in [0.2, 0.25) is 0 Å². The molecule has 0 radical (unpaired) electrons. The largest absolute Gasteiger partial charge is 0.377 e. The normalized spacial score (nSPS) is 10.3. The highest BCUT2D eigenvalue weighted by molar-refractivity contribution is 5.55. The summed E-state index contributed by atoms with van der Waals surface area (Å²) in [5.41, 5.74) is 9.66. The number of hydrogen-bond acceptors (Lipinski definition) is 2. The van der Waals surface area contributed by atoms with E-state index >= 15 is 0 Å². The summed E-state index contributed by atoms with van der Waals surface area (Å²) in [4.78, 5) is 2.17. The third-order valence-electron chi connectivity index (χ3n) is 2.50. The summed E-state index contributed by atoms with van der Waals surface area (Å²) < 4.78 is 0. The lowest BCUT2D eigenvalue weighted by molar-refractivity contribution is 0.824. The van der Waals surface area contributed by atoms with Crippen LogP contribution in [0.1, 0.15) is 17.5 Å². The molecule has 0 saturated carbocycles. The predicted octanol–water partition coefficient (Wildman–Crippen LogP) is 1.95. The van der Waals surface area contributed by atoms with E-state index in [4.69, 9.17) is 5.73 Å².